The molecule has 0 bridgehead atoms. The van der Waals surface area contributed by atoms with E-state index in [9.17, 15) is 9.59 Å². The molecular formula is C15H23N5O2. The third-order valence-electron chi connectivity index (χ3n) is 3.82. The predicted molar refractivity (Wildman–Crippen MR) is 83.8 cm³/mol. The molecule has 0 radical (unpaired) electrons. The molecule has 1 aromatic heterocycles. The van der Waals surface area contributed by atoms with Gasteiger partial charge in [-0.25, -0.2) is 9.97 Å². The van der Waals surface area contributed by atoms with Gasteiger partial charge in [-0.05, 0) is 6.42 Å². The first kappa shape index (κ1) is 16.2. The molecule has 1 saturated heterocycles. The number of rotatable bonds is 6. The van der Waals surface area contributed by atoms with Gasteiger partial charge in [0.05, 0.1) is 5.56 Å². The maximum absolute atomic E-state index is 12.4. The lowest BCUT2D eigenvalue weighted by Gasteiger charge is -2.32. The van der Waals surface area contributed by atoms with Crippen LogP contribution in [-0.2, 0) is 4.79 Å². The molecule has 0 aliphatic carbocycles. The highest BCUT2D eigenvalue weighted by Crippen LogP contribution is 2.10. The molecule has 7 heteroatoms. The van der Waals surface area contributed by atoms with Crippen molar-refractivity contribution in [2.45, 2.75) is 19.8 Å². The van der Waals surface area contributed by atoms with E-state index in [0.717, 1.165) is 25.8 Å². The minimum atomic E-state index is -0.0756. The molecule has 1 aromatic rings. The Kier molecular flexibility index (Phi) is 5.68. The SMILES string of the molecule is CCCCN(C)c1ncc(C(=O)N2CCN(C=O)CC2)cn1. The zero-order chi connectivity index (χ0) is 15.9. The van der Waals surface area contributed by atoms with Gasteiger partial charge < -0.3 is 14.7 Å². The molecule has 0 unspecified atom stereocenters. The maximum Gasteiger partial charge on any atom is 0.257 e. The van der Waals surface area contributed by atoms with Crippen LogP contribution in [0.5, 0.6) is 0 Å². The zero-order valence-corrected chi connectivity index (χ0v) is 13.2. The van der Waals surface area contributed by atoms with E-state index in [1.165, 1.54) is 0 Å². The van der Waals surface area contributed by atoms with Crippen LogP contribution in [0.1, 0.15) is 30.1 Å². The van der Waals surface area contributed by atoms with Crippen LogP contribution in [0, 0.1) is 0 Å². The van der Waals surface area contributed by atoms with E-state index in [0.29, 0.717) is 37.7 Å². The Morgan fingerprint density at radius 1 is 1.27 bits per heavy atom. The van der Waals surface area contributed by atoms with E-state index >= 15 is 0 Å². The van der Waals surface area contributed by atoms with Crippen molar-refractivity contribution in [3.8, 4) is 0 Å². The van der Waals surface area contributed by atoms with Gasteiger partial charge in [0.1, 0.15) is 0 Å². The van der Waals surface area contributed by atoms with Gasteiger partial charge in [-0.3, -0.25) is 9.59 Å². The summed E-state index contributed by atoms with van der Waals surface area (Å²) < 4.78 is 0. The number of anilines is 1. The lowest BCUT2D eigenvalue weighted by molar-refractivity contribution is -0.119. The van der Waals surface area contributed by atoms with Crippen LogP contribution in [0.4, 0.5) is 5.95 Å². The van der Waals surface area contributed by atoms with Gasteiger partial charge in [-0.2, -0.15) is 0 Å². The summed E-state index contributed by atoms with van der Waals surface area (Å²) in [6.45, 7) is 5.30. The van der Waals surface area contributed by atoms with E-state index in [4.69, 9.17) is 0 Å². The maximum atomic E-state index is 12.4. The number of amides is 2. The predicted octanol–water partition coefficient (Wildman–Crippen LogP) is 0.627. The Labute approximate surface area is 130 Å². The summed E-state index contributed by atoms with van der Waals surface area (Å²) in [6.07, 6.45) is 6.19. The molecule has 1 aliphatic heterocycles. The van der Waals surface area contributed by atoms with Crippen molar-refractivity contribution in [1.29, 1.82) is 0 Å². The fourth-order valence-corrected chi connectivity index (χ4v) is 2.34. The standard InChI is InChI=1S/C15H23N5O2/c1-3-4-5-18(2)15-16-10-13(11-17-15)14(22)20-8-6-19(12-21)7-9-20/h10-12H,3-9H2,1-2H3. The van der Waals surface area contributed by atoms with Gasteiger partial charge in [0.25, 0.3) is 5.91 Å². The van der Waals surface area contributed by atoms with Crippen LogP contribution in [0.15, 0.2) is 12.4 Å². The smallest absolute Gasteiger partial charge is 0.257 e. The molecule has 2 heterocycles. The van der Waals surface area contributed by atoms with Crippen molar-refractivity contribution in [1.82, 2.24) is 19.8 Å². The quantitative estimate of drug-likeness (QED) is 0.721. The van der Waals surface area contributed by atoms with Gasteiger partial charge >= 0.3 is 0 Å². The Bertz CT molecular complexity index is 497. The third kappa shape index (κ3) is 3.93. The number of carbonyl (C=O) groups is 2. The van der Waals surface area contributed by atoms with E-state index in [-0.39, 0.29) is 5.91 Å². The van der Waals surface area contributed by atoms with Crippen molar-refractivity contribution in [3.63, 3.8) is 0 Å². The van der Waals surface area contributed by atoms with Crippen molar-refractivity contribution in [3.05, 3.63) is 18.0 Å². The van der Waals surface area contributed by atoms with E-state index in [1.54, 1.807) is 22.2 Å². The Hall–Kier alpha value is -2.18. The lowest BCUT2D eigenvalue weighted by atomic mass is 10.2. The average Bonchev–Trinajstić information content (AvgIpc) is 2.59. The van der Waals surface area contributed by atoms with Crippen molar-refractivity contribution < 1.29 is 9.59 Å². The van der Waals surface area contributed by atoms with E-state index < -0.39 is 0 Å². The van der Waals surface area contributed by atoms with Gasteiger partial charge in [0, 0.05) is 52.2 Å². The largest absolute Gasteiger partial charge is 0.344 e. The summed E-state index contributed by atoms with van der Waals surface area (Å²) in [5, 5.41) is 0. The molecule has 120 valence electrons. The summed E-state index contributed by atoms with van der Waals surface area (Å²) in [6, 6.07) is 0. The molecule has 1 aliphatic rings. The Morgan fingerprint density at radius 3 is 2.45 bits per heavy atom. The molecule has 0 spiro atoms. The Balaban J connectivity index is 1.95. The minimum Gasteiger partial charge on any atom is -0.344 e. The highest BCUT2D eigenvalue weighted by molar-refractivity contribution is 5.93. The molecule has 7 nitrogen and oxygen atoms in total. The van der Waals surface area contributed by atoms with Crippen molar-refractivity contribution >= 4 is 18.3 Å². The average molecular weight is 305 g/mol. The van der Waals surface area contributed by atoms with E-state index in [1.807, 2.05) is 11.9 Å². The highest BCUT2D eigenvalue weighted by atomic mass is 16.2. The molecule has 0 saturated carbocycles. The number of nitrogens with zero attached hydrogens (tertiary/aromatic N) is 5. The first-order chi connectivity index (χ1) is 10.7. The van der Waals surface area contributed by atoms with Crippen LogP contribution in [0.3, 0.4) is 0 Å². The molecule has 1 fully saturated rings. The number of aromatic nitrogens is 2. The second-order valence-electron chi connectivity index (χ2n) is 5.48. The van der Waals surface area contributed by atoms with Crippen LogP contribution >= 0.6 is 0 Å². The van der Waals surface area contributed by atoms with Crippen molar-refractivity contribution in [2.75, 3.05) is 44.7 Å². The second-order valence-corrected chi connectivity index (χ2v) is 5.48. The second kappa shape index (κ2) is 7.72. The van der Waals surface area contributed by atoms with Crippen LogP contribution < -0.4 is 4.90 Å². The molecule has 0 atom stereocenters. The number of piperazine rings is 1. The normalized spacial score (nSPS) is 14.8. The fraction of sp³-hybridized carbons (Fsp3) is 0.600. The third-order valence-corrected chi connectivity index (χ3v) is 3.82. The summed E-state index contributed by atoms with van der Waals surface area (Å²) in [4.78, 5) is 37.0. The van der Waals surface area contributed by atoms with Gasteiger partial charge in [0.15, 0.2) is 0 Å². The van der Waals surface area contributed by atoms with Gasteiger partial charge in [0.2, 0.25) is 12.4 Å². The molecule has 22 heavy (non-hydrogen) atoms. The van der Waals surface area contributed by atoms with Crippen molar-refractivity contribution in [2.24, 2.45) is 0 Å². The minimum absolute atomic E-state index is 0.0756. The molecular weight excluding hydrogens is 282 g/mol. The van der Waals surface area contributed by atoms with E-state index in [2.05, 4.69) is 16.9 Å². The van der Waals surface area contributed by atoms with Gasteiger partial charge in [-0.1, -0.05) is 13.3 Å². The molecule has 2 rings (SSSR count). The number of carbonyl (C=O) groups excluding carboxylic acids is 2. The molecule has 2 amide bonds. The summed E-state index contributed by atoms with van der Waals surface area (Å²) in [5.41, 5.74) is 0.493. The lowest BCUT2D eigenvalue weighted by Crippen LogP contribution is -2.48. The van der Waals surface area contributed by atoms with Crippen LogP contribution in [0.25, 0.3) is 0 Å². The van der Waals surface area contributed by atoms with Crippen LogP contribution in [0.2, 0.25) is 0 Å². The molecule has 0 aromatic carbocycles. The summed E-state index contributed by atoms with van der Waals surface area (Å²) in [7, 11) is 1.95. The zero-order valence-electron chi connectivity index (χ0n) is 13.2. The number of hydrogen-bond donors (Lipinski definition) is 0. The topological polar surface area (TPSA) is 69.6 Å². The summed E-state index contributed by atoms with van der Waals surface area (Å²) in [5.74, 6) is 0.559. The summed E-state index contributed by atoms with van der Waals surface area (Å²) >= 11 is 0. The molecule has 0 N–H and O–H groups in total. The first-order valence-electron chi connectivity index (χ1n) is 7.67. The number of hydrogen-bond acceptors (Lipinski definition) is 5. The number of unbranched alkanes of at least 4 members (excludes halogenated alkanes) is 1. The fourth-order valence-electron chi connectivity index (χ4n) is 2.34. The Morgan fingerprint density at radius 2 is 1.91 bits per heavy atom. The highest BCUT2D eigenvalue weighted by Gasteiger charge is 2.21. The van der Waals surface area contributed by atoms with Crippen LogP contribution in [-0.4, -0.2) is 71.9 Å². The monoisotopic (exact) mass is 305 g/mol. The first-order valence-corrected chi connectivity index (χ1v) is 7.67. The van der Waals surface area contributed by atoms with Gasteiger partial charge in [-0.15, -0.1) is 0 Å².